The Morgan fingerprint density at radius 2 is 2.06 bits per heavy atom. The Labute approximate surface area is 184 Å². The number of benzene rings is 1. The van der Waals surface area contributed by atoms with Crippen molar-refractivity contribution in [3.8, 4) is 0 Å². The zero-order valence-corrected chi connectivity index (χ0v) is 18.5. The number of piperidine rings is 1. The van der Waals surface area contributed by atoms with Crippen LogP contribution in [-0.4, -0.2) is 46.5 Å². The maximum atomic E-state index is 4.91. The van der Waals surface area contributed by atoms with E-state index in [0.717, 1.165) is 68.3 Å². The number of pyridine rings is 1. The van der Waals surface area contributed by atoms with Crippen molar-refractivity contribution in [2.24, 2.45) is 5.92 Å². The summed E-state index contributed by atoms with van der Waals surface area (Å²) in [5.41, 5.74) is 6.13. The Hall–Kier alpha value is -2.28. The highest BCUT2D eigenvalue weighted by Gasteiger charge is 2.25. The number of nitrogens with zero attached hydrogens (tertiary/aromatic N) is 3. The molecule has 1 aromatic carbocycles. The lowest BCUT2D eigenvalue weighted by Crippen LogP contribution is -2.33. The van der Waals surface area contributed by atoms with Crippen molar-refractivity contribution in [1.82, 2.24) is 30.5 Å². The lowest BCUT2D eigenvalue weighted by atomic mass is 9.91. The molecule has 0 saturated carbocycles. The van der Waals surface area contributed by atoms with E-state index >= 15 is 0 Å². The third-order valence-corrected chi connectivity index (χ3v) is 6.91. The average Bonchev–Trinajstić information content (AvgIpc) is 3.21. The summed E-state index contributed by atoms with van der Waals surface area (Å²) in [5.74, 6) is 1.83. The zero-order valence-electron chi connectivity index (χ0n) is 18.5. The van der Waals surface area contributed by atoms with Crippen LogP contribution in [-0.2, 0) is 19.5 Å². The van der Waals surface area contributed by atoms with Gasteiger partial charge in [-0.05, 0) is 94.0 Å². The molecule has 0 amide bonds. The van der Waals surface area contributed by atoms with Crippen molar-refractivity contribution >= 4 is 11.0 Å². The smallest absolute Gasteiger partial charge is 0.121 e. The van der Waals surface area contributed by atoms with Gasteiger partial charge < -0.3 is 15.6 Å². The summed E-state index contributed by atoms with van der Waals surface area (Å²) in [6.07, 6.45) is 8.02. The number of aromatic nitrogens is 3. The fourth-order valence-corrected chi connectivity index (χ4v) is 5.16. The second kappa shape index (κ2) is 9.47. The lowest BCUT2D eigenvalue weighted by molar-refractivity contribution is 0.204. The second-order valence-corrected chi connectivity index (χ2v) is 9.23. The largest absolute Gasteiger partial charge is 0.341 e. The first-order valence-corrected chi connectivity index (χ1v) is 11.8. The minimum Gasteiger partial charge on any atom is -0.341 e. The number of imidazole rings is 1. The highest BCUT2D eigenvalue weighted by Crippen LogP contribution is 2.32. The first-order valence-electron chi connectivity index (χ1n) is 11.8. The van der Waals surface area contributed by atoms with Gasteiger partial charge in [-0.1, -0.05) is 12.1 Å². The van der Waals surface area contributed by atoms with Gasteiger partial charge in [0.15, 0.2) is 0 Å². The standard InChI is InChI=1S/C25H34N6/c1-31(23-6-2-4-20-5-3-11-28-25(20)23)17-24-29-21-8-7-19(14-22(21)30-24)16-27-15-18-9-12-26-13-10-18/h3,5,7-8,11,14,18,23,26-27H,2,4,6,9-10,12-13,15-17H2,1H3,(H,29,30). The summed E-state index contributed by atoms with van der Waals surface area (Å²) in [4.78, 5) is 15.5. The molecule has 0 bridgehead atoms. The minimum atomic E-state index is 0.368. The van der Waals surface area contributed by atoms with Gasteiger partial charge in [-0.2, -0.15) is 0 Å². The van der Waals surface area contributed by atoms with Crippen LogP contribution < -0.4 is 10.6 Å². The molecule has 1 aliphatic carbocycles. The van der Waals surface area contributed by atoms with Crippen molar-refractivity contribution in [2.45, 2.75) is 51.2 Å². The van der Waals surface area contributed by atoms with E-state index in [4.69, 9.17) is 9.97 Å². The second-order valence-electron chi connectivity index (χ2n) is 9.23. The fraction of sp³-hybridized carbons (Fsp3) is 0.520. The van der Waals surface area contributed by atoms with E-state index in [1.54, 1.807) is 0 Å². The van der Waals surface area contributed by atoms with Gasteiger partial charge in [-0.25, -0.2) is 4.98 Å². The van der Waals surface area contributed by atoms with Crippen LogP contribution in [0, 0.1) is 5.92 Å². The maximum absolute atomic E-state index is 4.91. The van der Waals surface area contributed by atoms with Crippen LogP contribution in [0.3, 0.4) is 0 Å². The normalized spacial score (nSPS) is 19.7. The van der Waals surface area contributed by atoms with E-state index in [2.05, 4.69) is 57.9 Å². The number of hydrogen-bond donors (Lipinski definition) is 3. The first-order chi connectivity index (χ1) is 15.3. The fourth-order valence-electron chi connectivity index (χ4n) is 5.16. The van der Waals surface area contributed by atoms with E-state index in [1.807, 2.05) is 6.20 Å². The molecule has 1 fully saturated rings. The van der Waals surface area contributed by atoms with Crippen molar-refractivity contribution in [1.29, 1.82) is 0 Å². The molecule has 2 aliphatic rings. The summed E-state index contributed by atoms with van der Waals surface area (Å²) >= 11 is 0. The van der Waals surface area contributed by atoms with Gasteiger partial charge in [0.1, 0.15) is 5.82 Å². The van der Waals surface area contributed by atoms with E-state index in [1.165, 1.54) is 36.1 Å². The number of H-pyrrole nitrogens is 1. The highest BCUT2D eigenvalue weighted by molar-refractivity contribution is 5.75. The van der Waals surface area contributed by atoms with Crippen LogP contribution in [0.1, 0.15) is 54.4 Å². The summed E-state index contributed by atoms with van der Waals surface area (Å²) < 4.78 is 0. The van der Waals surface area contributed by atoms with Crippen molar-refractivity contribution in [3.05, 3.63) is 59.2 Å². The van der Waals surface area contributed by atoms with E-state index in [0.29, 0.717) is 6.04 Å². The lowest BCUT2D eigenvalue weighted by Gasteiger charge is -2.31. The molecule has 164 valence electrons. The molecule has 6 nitrogen and oxygen atoms in total. The highest BCUT2D eigenvalue weighted by atomic mass is 15.2. The van der Waals surface area contributed by atoms with E-state index in [-0.39, 0.29) is 0 Å². The van der Waals surface area contributed by atoms with Crippen LogP contribution in [0.5, 0.6) is 0 Å². The van der Waals surface area contributed by atoms with E-state index in [9.17, 15) is 0 Å². The molecule has 1 aliphatic heterocycles. The Balaban J connectivity index is 1.22. The topological polar surface area (TPSA) is 68.9 Å². The first kappa shape index (κ1) is 20.6. The summed E-state index contributed by atoms with van der Waals surface area (Å²) in [7, 11) is 2.19. The van der Waals surface area contributed by atoms with Gasteiger partial charge in [0.25, 0.3) is 0 Å². The SMILES string of the molecule is CN(Cc1nc2cc(CNCC3CCNCC3)ccc2[nH]1)C1CCCc2cccnc21. The summed E-state index contributed by atoms with van der Waals surface area (Å²) in [6.45, 7) is 5.13. The van der Waals surface area contributed by atoms with E-state index < -0.39 is 0 Å². The van der Waals surface area contributed by atoms with Crippen LogP contribution in [0.15, 0.2) is 36.5 Å². The van der Waals surface area contributed by atoms with Gasteiger partial charge in [0, 0.05) is 12.7 Å². The molecule has 1 unspecified atom stereocenters. The number of rotatable bonds is 7. The third kappa shape index (κ3) is 4.81. The Morgan fingerprint density at radius 3 is 2.97 bits per heavy atom. The zero-order chi connectivity index (χ0) is 21.0. The number of hydrogen-bond acceptors (Lipinski definition) is 5. The van der Waals surface area contributed by atoms with Crippen LogP contribution in [0.4, 0.5) is 0 Å². The molecule has 1 atom stereocenters. The van der Waals surface area contributed by atoms with Gasteiger partial charge in [0.05, 0.1) is 29.3 Å². The predicted molar refractivity (Wildman–Crippen MR) is 125 cm³/mol. The van der Waals surface area contributed by atoms with Crippen LogP contribution in [0.2, 0.25) is 0 Å². The Kier molecular flexibility index (Phi) is 6.30. The molecule has 31 heavy (non-hydrogen) atoms. The molecule has 3 aromatic rings. The molecular weight excluding hydrogens is 384 g/mol. The summed E-state index contributed by atoms with van der Waals surface area (Å²) in [6, 6.07) is 11.3. The van der Waals surface area contributed by atoms with Crippen LogP contribution >= 0.6 is 0 Å². The van der Waals surface area contributed by atoms with Gasteiger partial charge in [0.2, 0.25) is 0 Å². The van der Waals surface area contributed by atoms with Crippen molar-refractivity contribution in [3.63, 3.8) is 0 Å². The summed E-state index contributed by atoms with van der Waals surface area (Å²) in [5, 5.41) is 7.08. The molecule has 3 heterocycles. The molecule has 0 radical (unpaired) electrons. The number of nitrogens with one attached hydrogen (secondary N) is 3. The monoisotopic (exact) mass is 418 g/mol. The predicted octanol–water partition coefficient (Wildman–Crippen LogP) is 3.56. The quantitative estimate of drug-likeness (QED) is 0.547. The molecule has 1 saturated heterocycles. The molecule has 5 rings (SSSR count). The Bertz CT molecular complexity index is 1010. The van der Waals surface area contributed by atoms with Crippen molar-refractivity contribution < 1.29 is 0 Å². The molecule has 2 aromatic heterocycles. The third-order valence-electron chi connectivity index (χ3n) is 6.91. The average molecular weight is 419 g/mol. The number of aromatic amines is 1. The maximum Gasteiger partial charge on any atom is 0.121 e. The van der Waals surface area contributed by atoms with Gasteiger partial charge >= 0.3 is 0 Å². The van der Waals surface area contributed by atoms with Crippen molar-refractivity contribution in [2.75, 3.05) is 26.7 Å². The number of aryl methyl sites for hydroxylation is 1. The Morgan fingerprint density at radius 1 is 1.16 bits per heavy atom. The minimum absolute atomic E-state index is 0.368. The molecule has 0 spiro atoms. The molecule has 3 N–H and O–H groups in total. The number of fused-ring (bicyclic) bond motifs is 2. The van der Waals surface area contributed by atoms with Gasteiger partial charge in [-0.15, -0.1) is 0 Å². The molecule has 6 heteroatoms. The molecular formula is C25H34N6. The van der Waals surface area contributed by atoms with Crippen LogP contribution in [0.25, 0.3) is 11.0 Å². The van der Waals surface area contributed by atoms with Gasteiger partial charge in [-0.3, -0.25) is 9.88 Å².